The lowest BCUT2D eigenvalue weighted by Crippen LogP contribution is -2.46. The van der Waals surface area contributed by atoms with Gasteiger partial charge in [-0.25, -0.2) is 34.0 Å². The van der Waals surface area contributed by atoms with E-state index in [1.807, 2.05) is 4.90 Å². The first-order chi connectivity index (χ1) is 12.8. The molecule has 0 bridgehead atoms. The van der Waals surface area contributed by atoms with Gasteiger partial charge in [0.1, 0.15) is 23.3 Å². The number of aliphatic imine (C=N–C) groups is 2. The zero-order chi connectivity index (χ0) is 20.1. The first-order valence-electron chi connectivity index (χ1n) is 8.61. The highest BCUT2D eigenvalue weighted by molar-refractivity contribution is 5.87. The fraction of sp³-hybridized carbons (Fsp3) is 0.368. The van der Waals surface area contributed by atoms with Crippen molar-refractivity contribution in [3.8, 4) is 0 Å². The van der Waals surface area contributed by atoms with Gasteiger partial charge >= 0.3 is 0 Å². The molecule has 1 fully saturated rings. The lowest BCUT2D eigenvalue weighted by atomic mass is 9.98. The van der Waals surface area contributed by atoms with Crippen LogP contribution in [0.5, 0.6) is 0 Å². The first kappa shape index (κ1) is 20.7. The Morgan fingerprint density at radius 2 is 1.81 bits per heavy atom. The third kappa shape index (κ3) is 4.57. The van der Waals surface area contributed by atoms with E-state index in [1.54, 1.807) is 0 Å². The number of hydrogen-bond donors (Lipinski definition) is 1. The van der Waals surface area contributed by atoms with Crippen molar-refractivity contribution in [1.29, 1.82) is 0 Å². The lowest BCUT2D eigenvalue weighted by Gasteiger charge is -2.38. The van der Waals surface area contributed by atoms with E-state index in [1.165, 1.54) is 13.1 Å². The normalized spacial score (nSPS) is 16.8. The predicted molar refractivity (Wildman–Crippen MR) is 102 cm³/mol. The van der Waals surface area contributed by atoms with Crippen LogP contribution in [0.15, 0.2) is 40.7 Å². The Morgan fingerprint density at radius 1 is 1.26 bits per heavy atom. The molecule has 0 spiro atoms. The van der Waals surface area contributed by atoms with Crippen LogP contribution < -0.4 is 5.84 Å². The molecule has 0 atom stereocenters. The van der Waals surface area contributed by atoms with E-state index in [4.69, 9.17) is 5.84 Å². The number of allylic oxidation sites excluding steroid dienone is 1. The minimum atomic E-state index is -1.00. The third-order valence-corrected chi connectivity index (χ3v) is 4.59. The largest absolute Gasteiger partial charge is 0.357 e. The summed E-state index contributed by atoms with van der Waals surface area (Å²) in [6.45, 7) is 11.9. The number of halogens is 3. The number of likely N-dealkylation sites (tertiary alicyclic amines) is 1. The number of rotatable bonds is 4. The van der Waals surface area contributed by atoms with Gasteiger partial charge in [-0.15, -0.1) is 0 Å². The fourth-order valence-electron chi connectivity index (χ4n) is 3.16. The maximum absolute atomic E-state index is 14.4. The van der Waals surface area contributed by atoms with Crippen LogP contribution in [0.2, 0.25) is 0 Å². The number of guanidine groups is 1. The van der Waals surface area contributed by atoms with Gasteiger partial charge in [0.2, 0.25) is 5.96 Å². The molecule has 27 heavy (non-hydrogen) atoms. The Bertz CT molecular complexity index is 757. The summed E-state index contributed by atoms with van der Waals surface area (Å²) in [4.78, 5) is 9.64. The molecular weight excluding hydrogens is 355 g/mol. The Hall–Kier alpha value is -2.61. The summed E-state index contributed by atoms with van der Waals surface area (Å²) in [5.74, 6) is 4.10. The van der Waals surface area contributed by atoms with Crippen molar-refractivity contribution in [2.24, 2.45) is 21.7 Å². The van der Waals surface area contributed by atoms with Crippen LogP contribution in [0.25, 0.3) is 5.57 Å². The van der Waals surface area contributed by atoms with Crippen LogP contribution in [0, 0.1) is 23.4 Å². The molecule has 146 valence electrons. The number of piperidine rings is 1. The van der Waals surface area contributed by atoms with Gasteiger partial charge < -0.3 is 4.90 Å². The minimum Gasteiger partial charge on any atom is -0.357 e. The van der Waals surface area contributed by atoms with E-state index in [0.29, 0.717) is 37.0 Å². The molecule has 1 aliphatic rings. The highest BCUT2D eigenvalue weighted by atomic mass is 19.1. The number of hydrogen-bond acceptors (Lipinski definition) is 3. The molecular formula is C19H24F3N5. The molecule has 1 saturated heterocycles. The maximum atomic E-state index is 14.4. The first-order valence-corrected chi connectivity index (χ1v) is 8.61. The highest BCUT2D eigenvalue weighted by Gasteiger charge is 2.27. The van der Waals surface area contributed by atoms with Crippen LogP contribution in [0.3, 0.4) is 0 Å². The number of benzene rings is 1. The van der Waals surface area contributed by atoms with Gasteiger partial charge in [0.15, 0.2) is 0 Å². The van der Waals surface area contributed by atoms with Crippen molar-refractivity contribution >= 4 is 18.3 Å². The van der Waals surface area contributed by atoms with Crippen LogP contribution in [-0.2, 0) is 0 Å². The summed E-state index contributed by atoms with van der Waals surface area (Å²) in [7, 11) is 0. The molecule has 1 aromatic carbocycles. The molecule has 0 saturated carbocycles. The van der Waals surface area contributed by atoms with Crippen molar-refractivity contribution in [1.82, 2.24) is 9.91 Å². The van der Waals surface area contributed by atoms with E-state index in [2.05, 4.69) is 30.2 Å². The zero-order valence-corrected chi connectivity index (χ0v) is 15.6. The number of nitrogens with zero attached hydrogens (tertiary/aromatic N) is 4. The van der Waals surface area contributed by atoms with E-state index in [-0.39, 0.29) is 17.1 Å². The Morgan fingerprint density at radius 3 is 2.30 bits per heavy atom. The highest BCUT2D eigenvalue weighted by Crippen LogP contribution is 2.30. The lowest BCUT2D eigenvalue weighted by molar-refractivity contribution is 0.197. The molecule has 0 amide bonds. The molecule has 1 aliphatic heterocycles. The second-order valence-corrected chi connectivity index (χ2v) is 6.50. The predicted octanol–water partition coefficient (Wildman–Crippen LogP) is 3.90. The van der Waals surface area contributed by atoms with E-state index in [0.717, 1.165) is 17.9 Å². The van der Waals surface area contributed by atoms with Crippen molar-refractivity contribution in [3.05, 3.63) is 53.7 Å². The topological polar surface area (TPSA) is 57.2 Å². The van der Waals surface area contributed by atoms with Gasteiger partial charge in [-0.1, -0.05) is 13.5 Å². The molecule has 0 radical (unpaired) electrons. The van der Waals surface area contributed by atoms with E-state index >= 15 is 0 Å². The summed E-state index contributed by atoms with van der Waals surface area (Å²) >= 11 is 0. The zero-order valence-electron chi connectivity index (χ0n) is 15.6. The monoisotopic (exact) mass is 379 g/mol. The molecule has 5 nitrogen and oxygen atoms in total. The van der Waals surface area contributed by atoms with Gasteiger partial charge in [0, 0.05) is 37.0 Å². The smallest absolute Gasteiger partial charge is 0.245 e. The molecule has 1 heterocycles. The second kappa shape index (κ2) is 8.85. The summed E-state index contributed by atoms with van der Waals surface area (Å²) in [5, 5.41) is 1.13. The van der Waals surface area contributed by atoms with Crippen LogP contribution >= 0.6 is 0 Å². The Balaban J connectivity index is 2.64. The standard InChI is InChI=1S/C19H24F3N5/c1-5-25-19(24-4)27(23)18(26-8-6-12(2)7-9-26)13(3)17-15(21)10-14(20)11-16(17)22/h5,10-12H,1,4,6-9,23H2,2-3H3/b18-13+,25-19?. The van der Waals surface area contributed by atoms with Gasteiger partial charge in [0.05, 0.1) is 5.56 Å². The molecule has 0 unspecified atom stereocenters. The summed E-state index contributed by atoms with van der Waals surface area (Å²) < 4.78 is 42.1. The SMILES string of the molecule is C=CN=C(N=C)N(N)/C(=C(\C)c1c(F)cc(F)cc1F)N1CCC(C)CC1. The average molecular weight is 379 g/mol. The average Bonchev–Trinajstić information content (AvgIpc) is 2.60. The summed E-state index contributed by atoms with van der Waals surface area (Å²) in [6, 6.07) is 1.28. The quantitative estimate of drug-likeness (QED) is 0.374. The molecule has 0 aromatic heterocycles. The van der Waals surface area contributed by atoms with E-state index in [9.17, 15) is 13.2 Å². The fourth-order valence-corrected chi connectivity index (χ4v) is 3.16. The molecule has 0 aliphatic carbocycles. The third-order valence-electron chi connectivity index (χ3n) is 4.59. The van der Waals surface area contributed by atoms with Crippen LogP contribution in [0.1, 0.15) is 32.3 Å². The van der Waals surface area contributed by atoms with Gasteiger partial charge in [-0.2, -0.15) is 0 Å². The molecule has 8 heteroatoms. The summed E-state index contributed by atoms with van der Waals surface area (Å²) in [6.07, 6.45) is 3.04. The van der Waals surface area contributed by atoms with Gasteiger partial charge in [-0.05, 0) is 32.4 Å². The Kier molecular flexibility index (Phi) is 6.79. The maximum Gasteiger partial charge on any atom is 0.245 e. The van der Waals surface area contributed by atoms with Crippen molar-refractivity contribution in [2.75, 3.05) is 13.1 Å². The van der Waals surface area contributed by atoms with Gasteiger partial charge in [0.25, 0.3) is 0 Å². The van der Waals surface area contributed by atoms with E-state index < -0.39 is 17.5 Å². The van der Waals surface area contributed by atoms with Crippen LogP contribution in [-0.4, -0.2) is 35.7 Å². The minimum absolute atomic E-state index is 0.0286. The van der Waals surface area contributed by atoms with Crippen LogP contribution in [0.4, 0.5) is 13.2 Å². The second-order valence-electron chi connectivity index (χ2n) is 6.50. The molecule has 2 rings (SSSR count). The molecule has 2 N–H and O–H groups in total. The molecule has 1 aromatic rings. The number of nitrogens with two attached hydrogens (primary N) is 1. The Labute approximate surface area is 157 Å². The van der Waals surface area contributed by atoms with Crippen molar-refractivity contribution in [3.63, 3.8) is 0 Å². The summed E-state index contributed by atoms with van der Waals surface area (Å²) in [5.41, 5.74) is -0.134. The van der Waals surface area contributed by atoms with Crippen molar-refractivity contribution in [2.45, 2.75) is 26.7 Å². The van der Waals surface area contributed by atoms with Crippen molar-refractivity contribution < 1.29 is 13.2 Å². The van der Waals surface area contributed by atoms with Gasteiger partial charge in [-0.3, -0.25) is 0 Å². The number of hydrazine groups is 1.